The van der Waals surface area contributed by atoms with E-state index in [0.717, 1.165) is 12.1 Å². The van der Waals surface area contributed by atoms with E-state index in [1.54, 1.807) is 0 Å². The molecule has 0 fully saturated rings. The molecular weight excluding hydrogens is 224 g/mol. The van der Waals surface area contributed by atoms with E-state index in [4.69, 9.17) is 5.26 Å². The second-order valence-electron chi connectivity index (χ2n) is 3.32. The van der Waals surface area contributed by atoms with Crippen molar-refractivity contribution in [2.24, 2.45) is 0 Å². The highest BCUT2D eigenvalue weighted by molar-refractivity contribution is 5.59. The van der Waals surface area contributed by atoms with Crippen molar-refractivity contribution in [1.82, 2.24) is 9.97 Å². The monoisotopic (exact) mass is 231 g/mol. The quantitative estimate of drug-likeness (QED) is 0.797. The number of hydrogen-bond acceptors (Lipinski definition) is 3. The minimum atomic E-state index is -0.688. The minimum Gasteiger partial charge on any atom is -0.240 e. The van der Waals surface area contributed by atoms with Crippen LogP contribution in [0.4, 0.5) is 8.78 Å². The van der Waals surface area contributed by atoms with Crippen molar-refractivity contribution < 1.29 is 8.78 Å². The minimum absolute atomic E-state index is 0.0522. The van der Waals surface area contributed by atoms with Crippen LogP contribution in [0, 0.1) is 23.0 Å². The summed E-state index contributed by atoms with van der Waals surface area (Å²) in [6.45, 7) is 0. The number of aromatic nitrogens is 2. The summed E-state index contributed by atoms with van der Waals surface area (Å²) in [5, 5.41) is 8.52. The second-order valence-corrected chi connectivity index (χ2v) is 3.32. The highest BCUT2D eigenvalue weighted by Gasteiger charge is 2.08. The van der Waals surface area contributed by atoms with Crippen molar-refractivity contribution in [2.75, 3.05) is 0 Å². The van der Waals surface area contributed by atoms with Crippen LogP contribution in [-0.2, 0) is 6.42 Å². The fourth-order valence-corrected chi connectivity index (χ4v) is 1.40. The highest BCUT2D eigenvalue weighted by Crippen LogP contribution is 2.21. The molecule has 0 atom stereocenters. The van der Waals surface area contributed by atoms with Crippen LogP contribution >= 0.6 is 0 Å². The summed E-state index contributed by atoms with van der Waals surface area (Å²) in [7, 11) is 0. The Balaban J connectivity index is 2.46. The molecule has 1 aromatic heterocycles. The Hall–Kier alpha value is -2.35. The van der Waals surface area contributed by atoms with E-state index >= 15 is 0 Å². The van der Waals surface area contributed by atoms with E-state index in [2.05, 4.69) is 9.97 Å². The number of nitrogens with zero attached hydrogens (tertiary/aromatic N) is 3. The first-order chi connectivity index (χ1) is 8.20. The number of hydrogen-bond donors (Lipinski definition) is 0. The Kier molecular flexibility index (Phi) is 3.06. The number of benzene rings is 1. The van der Waals surface area contributed by atoms with Crippen LogP contribution in [0.2, 0.25) is 0 Å². The van der Waals surface area contributed by atoms with E-state index in [-0.39, 0.29) is 12.0 Å². The van der Waals surface area contributed by atoms with Crippen LogP contribution in [0.3, 0.4) is 0 Å². The number of rotatable bonds is 2. The Labute approximate surface area is 96.4 Å². The summed E-state index contributed by atoms with van der Waals surface area (Å²) in [6.07, 6.45) is 1.49. The first kappa shape index (κ1) is 11.1. The summed E-state index contributed by atoms with van der Waals surface area (Å²) in [6, 6.07) is 6.68. The molecule has 0 aliphatic heterocycles. The molecule has 0 saturated heterocycles. The summed E-state index contributed by atoms with van der Waals surface area (Å²) in [4.78, 5) is 7.90. The van der Waals surface area contributed by atoms with Gasteiger partial charge in [-0.2, -0.15) is 5.26 Å². The Morgan fingerprint density at radius 1 is 1.24 bits per heavy atom. The SMILES string of the molecule is N#CCc1nccc(-c2ccc(F)cc2F)n1. The first-order valence-electron chi connectivity index (χ1n) is 4.85. The third kappa shape index (κ3) is 2.42. The van der Waals surface area contributed by atoms with Gasteiger partial charge in [-0.3, -0.25) is 0 Å². The molecule has 17 heavy (non-hydrogen) atoms. The fraction of sp³-hybridized carbons (Fsp3) is 0.0833. The zero-order valence-corrected chi connectivity index (χ0v) is 8.69. The maximum Gasteiger partial charge on any atom is 0.142 e. The van der Waals surface area contributed by atoms with Crippen LogP contribution < -0.4 is 0 Å². The van der Waals surface area contributed by atoms with Gasteiger partial charge >= 0.3 is 0 Å². The van der Waals surface area contributed by atoms with E-state index < -0.39 is 11.6 Å². The lowest BCUT2D eigenvalue weighted by Crippen LogP contribution is -1.96. The normalized spacial score (nSPS) is 9.94. The average Bonchev–Trinajstić information content (AvgIpc) is 2.29. The Morgan fingerprint density at radius 3 is 2.76 bits per heavy atom. The van der Waals surface area contributed by atoms with Crippen molar-refractivity contribution in [3.8, 4) is 17.3 Å². The zero-order chi connectivity index (χ0) is 12.3. The van der Waals surface area contributed by atoms with Gasteiger partial charge in [0, 0.05) is 17.8 Å². The molecule has 0 radical (unpaired) electrons. The van der Waals surface area contributed by atoms with Crippen molar-refractivity contribution in [2.45, 2.75) is 6.42 Å². The molecule has 2 aromatic rings. The third-order valence-electron chi connectivity index (χ3n) is 2.15. The van der Waals surface area contributed by atoms with Crippen LogP contribution in [0.1, 0.15) is 5.82 Å². The molecule has 3 nitrogen and oxygen atoms in total. The molecule has 0 unspecified atom stereocenters. The molecule has 0 N–H and O–H groups in total. The van der Waals surface area contributed by atoms with E-state index in [9.17, 15) is 8.78 Å². The van der Waals surface area contributed by atoms with E-state index in [1.165, 1.54) is 18.3 Å². The van der Waals surface area contributed by atoms with Gasteiger partial charge in [-0.05, 0) is 18.2 Å². The molecule has 0 aliphatic rings. The van der Waals surface area contributed by atoms with Crippen LogP contribution in [0.25, 0.3) is 11.3 Å². The van der Waals surface area contributed by atoms with Crippen LogP contribution in [0.5, 0.6) is 0 Å². The Morgan fingerprint density at radius 2 is 2.06 bits per heavy atom. The predicted molar refractivity (Wildman–Crippen MR) is 56.7 cm³/mol. The molecule has 2 rings (SSSR count). The van der Waals surface area contributed by atoms with Crippen LogP contribution in [-0.4, -0.2) is 9.97 Å². The maximum absolute atomic E-state index is 13.5. The highest BCUT2D eigenvalue weighted by atomic mass is 19.1. The molecule has 0 bridgehead atoms. The van der Waals surface area contributed by atoms with Crippen molar-refractivity contribution in [3.63, 3.8) is 0 Å². The van der Waals surface area contributed by atoms with Gasteiger partial charge in [-0.1, -0.05) is 0 Å². The summed E-state index contributed by atoms with van der Waals surface area (Å²) in [5.41, 5.74) is 0.524. The lowest BCUT2D eigenvalue weighted by molar-refractivity contribution is 0.585. The lowest BCUT2D eigenvalue weighted by Gasteiger charge is -2.03. The van der Waals surface area contributed by atoms with Crippen molar-refractivity contribution >= 4 is 0 Å². The molecule has 1 heterocycles. The molecule has 84 valence electrons. The molecule has 0 amide bonds. The topological polar surface area (TPSA) is 49.6 Å². The standard InChI is InChI=1S/C12H7F2N3/c13-8-1-2-9(10(14)7-8)11-4-6-16-12(17-11)3-5-15/h1-2,4,6-7H,3H2. The third-order valence-corrected chi connectivity index (χ3v) is 2.15. The predicted octanol–water partition coefficient (Wildman–Crippen LogP) is 2.49. The summed E-state index contributed by atoms with van der Waals surface area (Å²) >= 11 is 0. The summed E-state index contributed by atoms with van der Waals surface area (Å²) in [5.74, 6) is -1.02. The van der Waals surface area contributed by atoms with Crippen molar-refractivity contribution in [1.29, 1.82) is 5.26 Å². The van der Waals surface area contributed by atoms with Gasteiger partial charge in [-0.15, -0.1) is 0 Å². The zero-order valence-electron chi connectivity index (χ0n) is 8.69. The van der Waals surface area contributed by atoms with E-state index in [1.807, 2.05) is 6.07 Å². The number of nitriles is 1. The molecule has 5 heteroatoms. The first-order valence-corrected chi connectivity index (χ1v) is 4.85. The molecular formula is C12H7F2N3. The molecule has 1 aromatic carbocycles. The van der Waals surface area contributed by atoms with Gasteiger partial charge in [-0.25, -0.2) is 18.7 Å². The average molecular weight is 231 g/mol. The van der Waals surface area contributed by atoms with Crippen molar-refractivity contribution in [3.05, 3.63) is 47.9 Å². The van der Waals surface area contributed by atoms with Gasteiger partial charge in [0.2, 0.25) is 0 Å². The Bertz CT molecular complexity index is 591. The van der Waals surface area contributed by atoms with Gasteiger partial charge in [0.05, 0.1) is 18.2 Å². The van der Waals surface area contributed by atoms with Gasteiger partial charge in [0.15, 0.2) is 0 Å². The van der Waals surface area contributed by atoms with Crippen LogP contribution in [0.15, 0.2) is 30.5 Å². The number of halogens is 2. The lowest BCUT2D eigenvalue weighted by atomic mass is 10.1. The van der Waals surface area contributed by atoms with E-state index in [0.29, 0.717) is 11.5 Å². The van der Waals surface area contributed by atoms with Gasteiger partial charge in [0.25, 0.3) is 0 Å². The van der Waals surface area contributed by atoms with Gasteiger partial charge < -0.3 is 0 Å². The largest absolute Gasteiger partial charge is 0.240 e. The fourth-order valence-electron chi connectivity index (χ4n) is 1.40. The molecule has 0 saturated carbocycles. The maximum atomic E-state index is 13.5. The van der Waals surface area contributed by atoms with Gasteiger partial charge in [0.1, 0.15) is 17.5 Å². The molecule has 0 spiro atoms. The summed E-state index contributed by atoms with van der Waals surface area (Å²) < 4.78 is 26.2. The molecule has 0 aliphatic carbocycles. The smallest absolute Gasteiger partial charge is 0.142 e. The second kappa shape index (κ2) is 4.66.